The number of nitrogens with two attached hydrogens (primary N) is 1. The van der Waals surface area contributed by atoms with E-state index in [0.717, 1.165) is 53.4 Å². The first-order chi connectivity index (χ1) is 12.1. The number of hydrogen-bond donors (Lipinski definition) is 2. The van der Waals surface area contributed by atoms with Gasteiger partial charge >= 0.3 is 0 Å². The summed E-state index contributed by atoms with van der Waals surface area (Å²) in [6.45, 7) is 5.77. The van der Waals surface area contributed by atoms with Crippen molar-refractivity contribution in [3.8, 4) is 17.1 Å². The van der Waals surface area contributed by atoms with Gasteiger partial charge in [-0.2, -0.15) is 5.10 Å². The number of nitrogens with one attached hydrogen (secondary N) is 1. The van der Waals surface area contributed by atoms with Crippen molar-refractivity contribution in [1.82, 2.24) is 20.2 Å². The molecule has 3 N–H and O–H groups in total. The minimum absolute atomic E-state index is 0.123. The highest BCUT2D eigenvalue weighted by Gasteiger charge is 2.21. The molecule has 3 heterocycles. The Morgan fingerprint density at radius 2 is 2.16 bits per heavy atom. The van der Waals surface area contributed by atoms with Crippen molar-refractivity contribution >= 4 is 16.7 Å². The van der Waals surface area contributed by atoms with E-state index in [2.05, 4.69) is 25.1 Å². The predicted molar refractivity (Wildman–Crippen MR) is 97.7 cm³/mol. The smallest absolute Gasteiger partial charge is 0.132 e. The summed E-state index contributed by atoms with van der Waals surface area (Å²) < 4.78 is 5.80. The molecule has 7 nitrogen and oxygen atoms in total. The molecule has 2 aromatic heterocycles. The van der Waals surface area contributed by atoms with Gasteiger partial charge < -0.3 is 15.4 Å². The Hall–Kier alpha value is -2.67. The average molecular weight is 338 g/mol. The molecule has 1 atom stereocenters. The van der Waals surface area contributed by atoms with E-state index in [1.165, 1.54) is 0 Å². The van der Waals surface area contributed by atoms with Gasteiger partial charge in [0.1, 0.15) is 23.6 Å². The molecule has 1 unspecified atom stereocenters. The number of ether oxygens (including phenoxy) is 1. The summed E-state index contributed by atoms with van der Waals surface area (Å²) in [6, 6.07) is 8.11. The summed E-state index contributed by atoms with van der Waals surface area (Å²) in [5, 5.41) is 8.51. The van der Waals surface area contributed by atoms with E-state index >= 15 is 0 Å². The first-order valence-electron chi connectivity index (χ1n) is 8.58. The van der Waals surface area contributed by atoms with Crippen LogP contribution >= 0.6 is 0 Å². The summed E-state index contributed by atoms with van der Waals surface area (Å²) in [5.41, 5.74) is 8.56. The summed E-state index contributed by atoms with van der Waals surface area (Å²) in [4.78, 5) is 11.0. The van der Waals surface area contributed by atoms with E-state index in [4.69, 9.17) is 10.5 Å². The zero-order chi connectivity index (χ0) is 17.4. The van der Waals surface area contributed by atoms with Crippen molar-refractivity contribution in [2.24, 2.45) is 5.73 Å². The van der Waals surface area contributed by atoms with E-state index in [1.54, 1.807) is 6.33 Å². The molecule has 4 rings (SSSR count). The third-order valence-corrected chi connectivity index (χ3v) is 4.35. The number of nitrogens with zero attached hydrogens (tertiary/aromatic N) is 4. The summed E-state index contributed by atoms with van der Waals surface area (Å²) in [6.07, 6.45) is 2.70. The first-order valence-corrected chi connectivity index (χ1v) is 8.58. The number of fused-ring (bicyclic) bond motifs is 1. The van der Waals surface area contributed by atoms with Gasteiger partial charge in [-0.3, -0.25) is 5.10 Å². The van der Waals surface area contributed by atoms with E-state index in [0.29, 0.717) is 0 Å². The van der Waals surface area contributed by atoms with Gasteiger partial charge in [0.2, 0.25) is 0 Å². The maximum atomic E-state index is 6.01. The zero-order valence-corrected chi connectivity index (χ0v) is 14.4. The zero-order valence-electron chi connectivity index (χ0n) is 14.4. The third kappa shape index (κ3) is 3.15. The fourth-order valence-electron chi connectivity index (χ4n) is 3.18. The van der Waals surface area contributed by atoms with Gasteiger partial charge in [0.05, 0.1) is 17.3 Å². The Morgan fingerprint density at radius 1 is 1.28 bits per heavy atom. The third-order valence-electron chi connectivity index (χ3n) is 4.35. The Labute approximate surface area is 146 Å². The molecule has 130 valence electrons. The van der Waals surface area contributed by atoms with Crippen LogP contribution in [0.1, 0.15) is 20.3 Å². The fourth-order valence-corrected chi connectivity index (χ4v) is 3.18. The molecule has 7 heteroatoms. The number of hydrogen-bond acceptors (Lipinski definition) is 6. The van der Waals surface area contributed by atoms with Gasteiger partial charge in [0.25, 0.3) is 0 Å². The summed E-state index contributed by atoms with van der Waals surface area (Å²) in [5.74, 6) is 1.72. The van der Waals surface area contributed by atoms with Crippen LogP contribution in [0, 0.1) is 0 Å². The van der Waals surface area contributed by atoms with Gasteiger partial charge in [0.15, 0.2) is 0 Å². The molecule has 1 aromatic carbocycles. The standard InChI is InChI=1S/C18H22N6O/c1-11(2)25-13-3-4-15-14(7-13)18(23-22-15)16-8-17(21-10-20-16)24-6-5-12(19)9-24/h3-4,7-8,10-12H,5-6,9,19H2,1-2H3,(H,22,23). The van der Waals surface area contributed by atoms with Crippen LogP contribution in [0.2, 0.25) is 0 Å². The van der Waals surface area contributed by atoms with E-state index in [1.807, 2.05) is 38.1 Å². The van der Waals surface area contributed by atoms with Gasteiger partial charge in [-0.05, 0) is 38.5 Å². The molecule has 1 aliphatic rings. The SMILES string of the molecule is CC(C)Oc1ccc2[nH]nc(-c3cc(N4CCC(N)C4)ncn3)c2c1. The minimum atomic E-state index is 0.123. The van der Waals surface area contributed by atoms with Crippen LogP contribution in [0.3, 0.4) is 0 Å². The van der Waals surface area contributed by atoms with Crippen molar-refractivity contribution < 1.29 is 4.74 Å². The van der Waals surface area contributed by atoms with Crippen LogP contribution in [-0.4, -0.2) is 45.4 Å². The summed E-state index contributed by atoms with van der Waals surface area (Å²) >= 11 is 0. The first kappa shape index (κ1) is 15.8. The monoisotopic (exact) mass is 338 g/mol. The molecule has 1 saturated heterocycles. The Bertz CT molecular complexity index is 890. The minimum Gasteiger partial charge on any atom is -0.491 e. The highest BCUT2D eigenvalue weighted by Crippen LogP contribution is 2.30. The van der Waals surface area contributed by atoms with Crippen LogP contribution in [0.15, 0.2) is 30.6 Å². The second-order valence-electron chi connectivity index (χ2n) is 6.70. The van der Waals surface area contributed by atoms with Gasteiger partial charge in [-0.15, -0.1) is 0 Å². The van der Waals surface area contributed by atoms with Gasteiger partial charge in [0, 0.05) is 30.6 Å². The van der Waals surface area contributed by atoms with Crippen molar-refractivity contribution in [1.29, 1.82) is 0 Å². The number of aromatic amines is 1. The molecular weight excluding hydrogens is 316 g/mol. The van der Waals surface area contributed by atoms with Crippen molar-refractivity contribution in [2.75, 3.05) is 18.0 Å². The topological polar surface area (TPSA) is 93.0 Å². The largest absolute Gasteiger partial charge is 0.491 e. The normalized spacial score (nSPS) is 17.6. The molecule has 1 fully saturated rings. The van der Waals surface area contributed by atoms with Gasteiger partial charge in [-0.25, -0.2) is 9.97 Å². The highest BCUT2D eigenvalue weighted by molar-refractivity contribution is 5.93. The molecule has 1 aliphatic heterocycles. The van der Waals surface area contributed by atoms with Crippen LogP contribution in [0.25, 0.3) is 22.3 Å². The lowest BCUT2D eigenvalue weighted by Crippen LogP contribution is -2.26. The predicted octanol–water partition coefficient (Wildman–Crippen LogP) is 2.34. The van der Waals surface area contributed by atoms with Crippen LogP contribution in [-0.2, 0) is 0 Å². The van der Waals surface area contributed by atoms with Crippen molar-refractivity contribution in [3.63, 3.8) is 0 Å². The molecule has 25 heavy (non-hydrogen) atoms. The van der Waals surface area contributed by atoms with E-state index in [-0.39, 0.29) is 12.1 Å². The van der Waals surface area contributed by atoms with Gasteiger partial charge in [-0.1, -0.05) is 0 Å². The molecule has 0 bridgehead atoms. The molecule has 3 aromatic rings. The summed E-state index contributed by atoms with van der Waals surface area (Å²) in [7, 11) is 0. The maximum absolute atomic E-state index is 6.01. The fraction of sp³-hybridized carbons (Fsp3) is 0.389. The lowest BCUT2D eigenvalue weighted by molar-refractivity contribution is 0.243. The van der Waals surface area contributed by atoms with Crippen LogP contribution in [0.4, 0.5) is 5.82 Å². The molecule has 0 aliphatic carbocycles. The van der Waals surface area contributed by atoms with E-state index < -0.39 is 0 Å². The molecular formula is C18H22N6O. The molecule has 0 amide bonds. The Kier molecular flexibility index (Phi) is 4.01. The highest BCUT2D eigenvalue weighted by atomic mass is 16.5. The second-order valence-corrected chi connectivity index (χ2v) is 6.70. The Balaban J connectivity index is 1.71. The molecule has 0 saturated carbocycles. The second kappa shape index (κ2) is 6.33. The molecule has 0 radical (unpaired) electrons. The number of anilines is 1. The Morgan fingerprint density at radius 3 is 2.92 bits per heavy atom. The van der Waals surface area contributed by atoms with Crippen LogP contribution < -0.4 is 15.4 Å². The lowest BCUT2D eigenvalue weighted by atomic mass is 10.1. The average Bonchev–Trinajstić information content (AvgIpc) is 3.20. The number of aromatic nitrogens is 4. The number of benzene rings is 1. The lowest BCUT2D eigenvalue weighted by Gasteiger charge is -2.16. The quantitative estimate of drug-likeness (QED) is 0.758. The van der Waals surface area contributed by atoms with Crippen molar-refractivity contribution in [2.45, 2.75) is 32.4 Å². The number of H-pyrrole nitrogens is 1. The van der Waals surface area contributed by atoms with E-state index in [9.17, 15) is 0 Å². The maximum Gasteiger partial charge on any atom is 0.132 e. The van der Waals surface area contributed by atoms with Crippen molar-refractivity contribution in [3.05, 3.63) is 30.6 Å². The van der Waals surface area contributed by atoms with Crippen LogP contribution in [0.5, 0.6) is 5.75 Å². The molecule has 0 spiro atoms. The number of rotatable bonds is 4.